The highest BCUT2D eigenvalue weighted by atomic mass is 16.3. The predicted octanol–water partition coefficient (Wildman–Crippen LogP) is 13.2. The molecule has 0 saturated carbocycles. The zero-order valence-electron chi connectivity index (χ0n) is 27.7. The summed E-state index contributed by atoms with van der Waals surface area (Å²) in [5.41, 5.74) is 13.6. The second-order valence-electron chi connectivity index (χ2n) is 13.5. The van der Waals surface area contributed by atoms with Crippen LogP contribution in [0.4, 0.5) is 17.1 Å². The van der Waals surface area contributed by atoms with E-state index in [-0.39, 0.29) is 5.41 Å². The lowest BCUT2D eigenvalue weighted by atomic mass is 9.73. The van der Waals surface area contributed by atoms with E-state index in [2.05, 4.69) is 194 Å². The second-order valence-corrected chi connectivity index (χ2v) is 13.5. The van der Waals surface area contributed by atoms with Crippen LogP contribution in [-0.2, 0) is 5.41 Å². The van der Waals surface area contributed by atoms with E-state index in [1.165, 1.54) is 55.1 Å². The molecule has 1 heterocycles. The third kappa shape index (κ3) is 4.28. The molecule has 50 heavy (non-hydrogen) atoms. The Morgan fingerprint density at radius 3 is 1.76 bits per heavy atom. The molecule has 0 bridgehead atoms. The van der Waals surface area contributed by atoms with Crippen LogP contribution in [0.1, 0.15) is 23.6 Å². The number of benzene rings is 8. The Morgan fingerprint density at radius 2 is 1.00 bits per heavy atom. The number of furan rings is 1. The molecular formula is C48H33NO. The number of rotatable bonds is 5. The van der Waals surface area contributed by atoms with Crippen LogP contribution in [0.2, 0.25) is 0 Å². The maximum Gasteiger partial charge on any atom is 0.137 e. The molecule has 236 valence electrons. The van der Waals surface area contributed by atoms with Crippen molar-refractivity contribution < 1.29 is 4.42 Å². The van der Waals surface area contributed by atoms with Gasteiger partial charge in [0.15, 0.2) is 0 Å². The van der Waals surface area contributed by atoms with Gasteiger partial charge in [-0.25, -0.2) is 0 Å². The van der Waals surface area contributed by atoms with Gasteiger partial charge in [-0.05, 0) is 99.1 Å². The molecule has 0 radical (unpaired) electrons. The summed E-state index contributed by atoms with van der Waals surface area (Å²) in [4.78, 5) is 2.33. The minimum atomic E-state index is -0.320. The first-order valence-corrected chi connectivity index (χ1v) is 17.3. The average molecular weight is 640 g/mol. The lowest BCUT2D eigenvalue weighted by Crippen LogP contribution is -2.22. The van der Waals surface area contributed by atoms with Gasteiger partial charge < -0.3 is 9.32 Å². The van der Waals surface area contributed by atoms with Crippen LogP contribution in [0.25, 0.3) is 55.0 Å². The van der Waals surface area contributed by atoms with Gasteiger partial charge in [-0.15, -0.1) is 0 Å². The molecule has 0 N–H and O–H groups in total. The molecule has 1 aromatic heterocycles. The summed E-state index contributed by atoms with van der Waals surface area (Å²) >= 11 is 0. The van der Waals surface area contributed by atoms with E-state index in [0.717, 1.165) is 33.6 Å². The summed E-state index contributed by atoms with van der Waals surface area (Å²) in [6.07, 6.45) is 0. The number of fused-ring (bicyclic) bond motifs is 7. The number of hydrogen-bond acceptors (Lipinski definition) is 2. The van der Waals surface area contributed by atoms with Crippen molar-refractivity contribution in [2.24, 2.45) is 0 Å². The maximum absolute atomic E-state index is 6.76. The predicted molar refractivity (Wildman–Crippen MR) is 209 cm³/mol. The van der Waals surface area contributed by atoms with E-state index in [4.69, 9.17) is 4.42 Å². The standard InChI is InChI=1S/C48H33NO/c1-48(42-18-9-7-16-39(42)40-17-8-10-19-43(40)48)44-20-11-21-45-47(44)41-29-28-38(31-46(41)50-45)49(37-27-24-33-14-5-6-15-35(33)30-37)36-25-22-34(23-26-36)32-12-3-2-4-13-32/h2-31H,1H3. The van der Waals surface area contributed by atoms with Crippen molar-refractivity contribution in [3.63, 3.8) is 0 Å². The van der Waals surface area contributed by atoms with Crippen LogP contribution in [0, 0.1) is 0 Å². The van der Waals surface area contributed by atoms with Gasteiger partial charge in [0, 0.05) is 39.3 Å². The molecule has 0 fully saturated rings. The number of nitrogens with zero attached hydrogens (tertiary/aromatic N) is 1. The van der Waals surface area contributed by atoms with Gasteiger partial charge >= 0.3 is 0 Å². The summed E-state index contributed by atoms with van der Waals surface area (Å²) in [6.45, 7) is 2.38. The average Bonchev–Trinajstić information content (AvgIpc) is 3.68. The van der Waals surface area contributed by atoms with Gasteiger partial charge in [0.1, 0.15) is 11.2 Å². The quantitative estimate of drug-likeness (QED) is 0.186. The highest BCUT2D eigenvalue weighted by molar-refractivity contribution is 6.09. The topological polar surface area (TPSA) is 16.4 Å². The van der Waals surface area contributed by atoms with Crippen molar-refractivity contribution >= 4 is 49.8 Å². The number of anilines is 3. The van der Waals surface area contributed by atoms with Crippen molar-refractivity contribution in [3.05, 3.63) is 199 Å². The van der Waals surface area contributed by atoms with Crippen LogP contribution in [-0.4, -0.2) is 0 Å². The second kappa shape index (κ2) is 11.1. The fourth-order valence-electron chi connectivity index (χ4n) is 8.31. The molecule has 8 aromatic carbocycles. The van der Waals surface area contributed by atoms with E-state index in [9.17, 15) is 0 Å². The Balaban J connectivity index is 1.15. The Bertz CT molecular complexity index is 2670. The summed E-state index contributed by atoms with van der Waals surface area (Å²) in [5.74, 6) is 0. The van der Waals surface area contributed by atoms with Crippen LogP contribution in [0.3, 0.4) is 0 Å². The summed E-state index contributed by atoms with van der Waals surface area (Å²) < 4.78 is 6.76. The Hall–Kier alpha value is -6.38. The van der Waals surface area contributed by atoms with Gasteiger partial charge in [-0.1, -0.05) is 133 Å². The zero-order valence-corrected chi connectivity index (χ0v) is 27.7. The Labute approximate surface area is 291 Å². The molecular weight excluding hydrogens is 607 g/mol. The lowest BCUT2D eigenvalue weighted by molar-refractivity contribution is 0.666. The van der Waals surface area contributed by atoms with Gasteiger partial charge in [0.25, 0.3) is 0 Å². The van der Waals surface area contributed by atoms with E-state index >= 15 is 0 Å². The van der Waals surface area contributed by atoms with Crippen LogP contribution < -0.4 is 4.90 Å². The van der Waals surface area contributed by atoms with E-state index in [1.54, 1.807) is 0 Å². The monoisotopic (exact) mass is 639 g/mol. The molecule has 0 atom stereocenters. The molecule has 0 amide bonds. The third-order valence-electron chi connectivity index (χ3n) is 10.7. The molecule has 9 aromatic rings. The molecule has 2 heteroatoms. The molecule has 0 spiro atoms. The smallest absolute Gasteiger partial charge is 0.137 e. The fourth-order valence-corrected chi connectivity index (χ4v) is 8.31. The molecule has 10 rings (SSSR count). The zero-order chi connectivity index (χ0) is 33.2. The van der Waals surface area contributed by atoms with Crippen LogP contribution >= 0.6 is 0 Å². The van der Waals surface area contributed by atoms with Crippen molar-refractivity contribution in [3.8, 4) is 22.3 Å². The van der Waals surface area contributed by atoms with E-state index < -0.39 is 0 Å². The van der Waals surface area contributed by atoms with Crippen molar-refractivity contribution in [2.45, 2.75) is 12.3 Å². The van der Waals surface area contributed by atoms with Gasteiger partial charge in [0.05, 0.1) is 0 Å². The molecule has 0 saturated heterocycles. The third-order valence-corrected chi connectivity index (χ3v) is 10.7. The van der Waals surface area contributed by atoms with Crippen LogP contribution in [0.15, 0.2) is 186 Å². The van der Waals surface area contributed by atoms with Crippen LogP contribution in [0.5, 0.6) is 0 Å². The Kier molecular flexibility index (Phi) is 6.34. The van der Waals surface area contributed by atoms with Crippen molar-refractivity contribution in [2.75, 3.05) is 4.90 Å². The number of hydrogen-bond donors (Lipinski definition) is 0. The minimum absolute atomic E-state index is 0.320. The summed E-state index contributed by atoms with van der Waals surface area (Å²) in [5, 5.41) is 4.73. The SMILES string of the molecule is CC1(c2cccc3oc4cc(N(c5ccc(-c6ccccc6)cc5)c5ccc6ccccc6c5)ccc4c23)c2ccccc2-c2ccccc21. The van der Waals surface area contributed by atoms with E-state index in [1.807, 2.05) is 0 Å². The first-order chi connectivity index (χ1) is 24.7. The molecule has 0 aliphatic heterocycles. The van der Waals surface area contributed by atoms with Gasteiger partial charge in [-0.3, -0.25) is 0 Å². The maximum atomic E-state index is 6.76. The molecule has 0 unspecified atom stereocenters. The summed E-state index contributed by atoms with van der Waals surface area (Å²) in [7, 11) is 0. The fraction of sp³-hybridized carbons (Fsp3) is 0.0417. The highest BCUT2D eigenvalue weighted by Crippen LogP contribution is 2.54. The van der Waals surface area contributed by atoms with Crippen molar-refractivity contribution in [1.82, 2.24) is 0 Å². The molecule has 2 nitrogen and oxygen atoms in total. The summed E-state index contributed by atoms with van der Waals surface area (Å²) in [6, 6.07) is 65.6. The Morgan fingerprint density at radius 1 is 0.420 bits per heavy atom. The van der Waals surface area contributed by atoms with E-state index in [0.29, 0.717) is 0 Å². The van der Waals surface area contributed by atoms with Gasteiger partial charge in [0.2, 0.25) is 0 Å². The normalized spacial score (nSPS) is 13.1. The molecule has 1 aliphatic carbocycles. The van der Waals surface area contributed by atoms with Gasteiger partial charge in [-0.2, -0.15) is 0 Å². The minimum Gasteiger partial charge on any atom is -0.456 e. The lowest BCUT2D eigenvalue weighted by Gasteiger charge is -2.29. The molecule has 1 aliphatic rings. The van der Waals surface area contributed by atoms with Crippen molar-refractivity contribution in [1.29, 1.82) is 0 Å². The first-order valence-electron chi connectivity index (χ1n) is 17.3. The highest BCUT2D eigenvalue weighted by Gasteiger charge is 2.41. The first kappa shape index (κ1) is 28.6. The largest absolute Gasteiger partial charge is 0.456 e.